The lowest BCUT2D eigenvalue weighted by Crippen LogP contribution is -2.49. The molecule has 1 aliphatic carbocycles. The van der Waals surface area contributed by atoms with Crippen molar-refractivity contribution in [1.82, 2.24) is 20.0 Å². The van der Waals surface area contributed by atoms with Gasteiger partial charge in [0, 0.05) is 43.3 Å². The third-order valence-electron chi connectivity index (χ3n) is 7.57. The monoisotopic (exact) mass is 472 g/mol. The molecule has 2 aromatic rings. The molecule has 0 bridgehead atoms. The van der Waals surface area contributed by atoms with Gasteiger partial charge in [0.2, 0.25) is 0 Å². The predicted octanol–water partition coefficient (Wildman–Crippen LogP) is 4.43. The highest BCUT2D eigenvalue weighted by atomic mass is 35.5. The molecule has 1 spiro atoms. The second-order valence-electron chi connectivity index (χ2n) is 9.96. The molecule has 6 rings (SSSR count). The van der Waals surface area contributed by atoms with Crippen LogP contribution in [0.5, 0.6) is 5.75 Å². The van der Waals surface area contributed by atoms with E-state index in [0.29, 0.717) is 31.7 Å². The summed E-state index contributed by atoms with van der Waals surface area (Å²) in [5.41, 5.74) is 4.05. The molecule has 4 aliphatic rings. The maximum atomic E-state index is 12.5. The number of nitrogens with one attached hydrogen (secondary N) is 1. The first-order valence-electron chi connectivity index (χ1n) is 12.1. The van der Waals surface area contributed by atoms with Crippen molar-refractivity contribution in [1.29, 1.82) is 0 Å². The topological polar surface area (TPSA) is 68.6 Å². The van der Waals surface area contributed by atoms with Crippen molar-refractivity contribution >= 4 is 18.5 Å². The molecule has 178 valence electrons. The maximum Gasteiger partial charge on any atom is 0.409 e. The van der Waals surface area contributed by atoms with E-state index in [-0.39, 0.29) is 18.5 Å². The fourth-order valence-corrected chi connectivity index (χ4v) is 5.34. The lowest BCUT2D eigenvalue weighted by molar-refractivity contribution is -0.00608. The summed E-state index contributed by atoms with van der Waals surface area (Å²) in [6.07, 6.45) is 8.12. The van der Waals surface area contributed by atoms with Gasteiger partial charge in [-0.1, -0.05) is 6.07 Å². The van der Waals surface area contributed by atoms with Crippen LogP contribution in [0.15, 0.2) is 24.4 Å². The molecule has 1 saturated carbocycles. The fourth-order valence-electron chi connectivity index (χ4n) is 5.34. The molecule has 2 saturated heterocycles. The number of benzene rings is 1. The molecular formula is C25H33ClN4O3. The van der Waals surface area contributed by atoms with Crippen LogP contribution in [-0.2, 0) is 10.3 Å². The smallest absolute Gasteiger partial charge is 0.409 e. The summed E-state index contributed by atoms with van der Waals surface area (Å²) in [6.45, 7) is 6.01. The van der Waals surface area contributed by atoms with Crippen molar-refractivity contribution in [3.8, 4) is 17.0 Å². The van der Waals surface area contributed by atoms with Crippen LogP contribution in [0.3, 0.4) is 0 Å². The number of hydrogen-bond donors (Lipinski definition) is 1. The number of piperidine rings is 2. The van der Waals surface area contributed by atoms with Gasteiger partial charge in [-0.25, -0.2) is 4.79 Å². The van der Waals surface area contributed by atoms with Gasteiger partial charge in [0.25, 0.3) is 0 Å². The summed E-state index contributed by atoms with van der Waals surface area (Å²) in [6, 6.07) is 6.82. The van der Waals surface area contributed by atoms with E-state index in [2.05, 4.69) is 41.3 Å². The zero-order valence-corrected chi connectivity index (χ0v) is 20.0. The number of halogens is 1. The van der Waals surface area contributed by atoms with Crippen molar-refractivity contribution in [2.45, 2.75) is 57.1 Å². The Labute approximate surface area is 201 Å². The zero-order chi connectivity index (χ0) is 21.7. The Kier molecular flexibility index (Phi) is 6.04. The lowest BCUT2D eigenvalue weighted by Gasteiger charge is -2.43. The minimum atomic E-state index is -0.436. The van der Waals surface area contributed by atoms with Gasteiger partial charge in [-0.05, 0) is 69.3 Å². The third kappa shape index (κ3) is 4.21. The van der Waals surface area contributed by atoms with Crippen molar-refractivity contribution in [2.75, 3.05) is 32.8 Å². The van der Waals surface area contributed by atoms with Gasteiger partial charge in [0.05, 0.1) is 12.6 Å². The van der Waals surface area contributed by atoms with Gasteiger partial charge in [0.1, 0.15) is 17.0 Å². The Morgan fingerprint density at radius 2 is 1.97 bits per heavy atom. The highest BCUT2D eigenvalue weighted by molar-refractivity contribution is 5.85. The number of fused-ring (bicyclic) bond motifs is 4. The first-order valence-corrected chi connectivity index (χ1v) is 12.1. The number of carbonyl (C=O) groups excluding carboxylic acids is 1. The Balaban J connectivity index is 0.00000228. The Morgan fingerprint density at radius 3 is 2.70 bits per heavy atom. The van der Waals surface area contributed by atoms with Gasteiger partial charge in [-0.15, -0.1) is 12.4 Å². The minimum Gasteiger partial charge on any atom is -0.482 e. The number of amides is 1. The molecule has 7 nitrogen and oxygen atoms in total. The molecule has 0 atom stereocenters. The van der Waals surface area contributed by atoms with E-state index in [1.807, 2.05) is 4.90 Å². The summed E-state index contributed by atoms with van der Waals surface area (Å²) in [5.74, 6) is 1.50. The number of carbonyl (C=O) groups is 1. The van der Waals surface area contributed by atoms with E-state index in [1.54, 1.807) is 0 Å². The van der Waals surface area contributed by atoms with E-state index < -0.39 is 5.60 Å². The molecule has 3 aliphatic heterocycles. The van der Waals surface area contributed by atoms with Crippen LogP contribution < -0.4 is 10.1 Å². The summed E-state index contributed by atoms with van der Waals surface area (Å²) in [5, 5.41) is 8.55. The van der Waals surface area contributed by atoms with Gasteiger partial charge < -0.3 is 19.7 Å². The summed E-state index contributed by atoms with van der Waals surface area (Å²) < 4.78 is 14.5. The number of likely N-dealkylation sites (tertiary alicyclic amines) is 1. The second-order valence-corrected chi connectivity index (χ2v) is 9.96. The molecule has 1 N–H and O–H groups in total. The summed E-state index contributed by atoms with van der Waals surface area (Å²) in [7, 11) is 0. The van der Waals surface area contributed by atoms with Crippen LogP contribution in [0, 0.1) is 12.8 Å². The largest absolute Gasteiger partial charge is 0.482 e. The van der Waals surface area contributed by atoms with Crippen molar-refractivity contribution < 1.29 is 14.3 Å². The summed E-state index contributed by atoms with van der Waals surface area (Å²) >= 11 is 0. The van der Waals surface area contributed by atoms with Crippen LogP contribution >= 0.6 is 12.4 Å². The van der Waals surface area contributed by atoms with Gasteiger partial charge in [-0.3, -0.25) is 4.68 Å². The van der Waals surface area contributed by atoms with Crippen LogP contribution in [-0.4, -0.2) is 53.6 Å². The SMILES string of the molecule is Cc1ccc2c(c1)OC1(CCN(C(=O)OCC3CC3)CC1)c1cn(C3CCNCC3)nc1-2.Cl. The Hall–Kier alpha value is -2.25. The first kappa shape index (κ1) is 22.5. The zero-order valence-electron chi connectivity index (χ0n) is 19.2. The standard InChI is InChI=1S/C25H32N4O3.ClH/c1-17-2-5-20-22(14-17)32-25(8-12-28(13-9-25)24(30)31-16-18-3-4-18)21-15-29(27-23(20)21)19-6-10-26-11-7-19;/h2,5,14-15,18-19,26H,3-4,6-13,16H2,1H3;1H. The predicted molar refractivity (Wildman–Crippen MR) is 128 cm³/mol. The second kappa shape index (κ2) is 8.84. The van der Waals surface area contributed by atoms with E-state index >= 15 is 0 Å². The molecule has 8 heteroatoms. The molecule has 1 aromatic carbocycles. The molecule has 33 heavy (non-hydrogen) atoms. The number of nitrogens with zero attached hydrogens (tertiary/aromatic N) is 3. The molecule has 4 heterocycles. The third-order valence-corrected chi connectivity index (χ3v) is 7.57. The van der Waals surface area contributed by atoms with E-state index in [4.69, 9.17) is 14.6 Å². The Morgan fingerprint density at radius 1 is 1.21 bits per heavy atom. The minimum absolute atomic E-state index is 0. The van der Waals surface area contributed by atoms with Gasteiger partial charge in [0.15, 0.2) is 0 Å². The molecule has 1 aromatic heterocycles. The average Bonchev–Trinajstić information content (AvgIpc) is 3.53. The molecule has 3 fully saturated rings. The number of aryl methyl sites for hydroxylation is 1. The first-order chi connectivity index (χ1) is 15.6. The molecule has 0 unspecified atom stereocenters. The summed E-state index contributed by atoms with van der Waals surface area (Å²) in [4.78, 5) is 14.4. The van der Waals surface area contributed by atoms with Gasteiger partial charge >= 0.3 is 6.09 Å². The normalized spacial score (nSPS) is 21.5. The number of rotatable bonds is 3. The van der Waals surface area contributed by atoms with Crippen LogP contribution in [0.1, 0.15) is 55.7 Å². The van der Waals surface area contributed by atoms with E-state index in [1.165, 1.54) is 24.0 Å². The molecule has 0 radical (unpaired) electrons. The van der Waals surface area contributed by atoms with E-state index in [0.717, 1.165) is 55.8 Å². The highest BCUT2D eigenvalue weighted by Gasteiger charge is 2.46. The maximum absolute atomic E-state index is 12.5. The van der Waals surface area contributed by atoms with Crippen molar-refractivity contribution in [3.63, 3.8) is 0 Å². The highest BCUT2D eigenvalue weighted by Crippen LogP contribution is 2.49. The number of aromatic nitrogens is 2. The van der Waals surface area contributed by atoms with Crippen LogP contribution in [0.4, 0.5) is 4.79 Å². The van der Waals surface area contributed by atoms with E-state index in [9.17, 15) is 4.79 Å². The fraction of sp³-hybridized carbons (Fsp3) is 0.600. The number of hydrogen-bond acceptors (Lipinski definition) is 5. The van der Waals surface area contributed by atoms with Crippen molar-refractivity contribution in [2.24, 2.45) is 5.92 Å². The van der Waals surface area contributed by atoms with Crippen LogP contribution in [0.25, 0.3) is 11.3 Å². The Bertz CT molecular complexity index is 1020. The van der Waals surface area contributed by atoms with Gasteiger partial charge in [-0.2, -0.15) is 5.10 Å². The molecular weight excluding hydrogens is 440 g/mol. The average molecular weight is 473 g/mol. The van der Waals surface area contributed by atoms with Crippen molar-refractivity contribution in [3.05, 3.63) is 35.5 Å². The quantitative estimate of drug-likeness (QED) is 0.715. The molecule has 1 amide bonds. The lowest BCUT2D eigenvalue weighted by atomic mass is 9.81. The number of ether oxygens (including phenoxy) is 2. The van der Waals surface area contributed by atoms with Crippen LogP contribution in [0.2, 0.25) is 0 Å².